The largest absolute Gasteiger partial charge is 0.463 e. The van der Waals surface area contributed by atoms with Gasteiger partial charge in [0.25, 0.3) is 5.91 Å². The monoisotopic (exact) mass is 433 g/mol. The summed E-state index contributed by atoms with van der Waals surface area (Å²) >= 11 is 5.99. The van der Waals surface area contributed by atoms with Crippen molar-refractivity contribution >= 4 is 27.3 Å². The molecule has 1 amide bonds. The molecule has 0 radical (unpaired) electrons. The van der Waals surface area contributed by atoms with Gasteiger partial charge >= 0.3 is 0 Å². The lowest BCUT2D eigenvalue weighted by Crippen LogP contribution is -2.41. The summed E-state index contributed by atoms with van der Waals surface area (Å²) in [4.78, 5) is 14.8. The summed E-state index contributed by atoms with van der Waals surface area (Å²) < 4.78 is 30.9. The standard InChI is InChI=1S/C20H20ClN3O4S/c1-2-23(16-9-11-29(26,27)13-16)20(25)17-12-18(19-4-3-10-28-19)24(22-17)15-7-5-14(21)6-8-15/h3-8,10,12,16H,2,9,11,13H2,1H3/t16-/m1/s1. The first-order valence-corrected chi connectivity index (χ1v) is 11.5. The molecule has 1 aliphatic heterocycles. The highest BCUT2D eigenvalue weighted by molar-refractivity contribution is 7.91. The second kappa shape index (κ2) is 7.68. The predicted octanol–water partition coefficient (Wildman–Crippen LogP) is 3.43. The third-order valence-corrected chi connectivity index (χ3v) is 7.03. The molecule has 9 heteroatoms. The molecule has 1 aliphatic rings. The van der Waals surface area contributed by atoms with Crippen LogP contribution in [-0.2, 0) is 9.84 Å². The number of hydrogen-bond acceptors (Lipinski definition) is 5. The Kier molecular flexibility index (Phi) is 5.23. The van der Waals surface area contributed by atoms with Crippen molar-refractivity contribution in [3.8, 4) is 17.1 Å². The van der Waals surface area contributed by atoms with Gasteiger partial charge in [0, 0.05) is 23.7 Å². The molecule has 2 aromatic heterocycles. The van der Waals surface area contributed by atoms with Gasteiger partial charge in [-0.25, -0.2) is 13.1 Å². The highest BCUT2D eigenvalue weighted by Gasteiger charge is 2.35. The maximum Gasteiger partial charge on any atom is 0.274 e. The topological polar surface area (TPSA) is 85.4 Å². The van der Waals surface area contributed by atoms with Gasteiger partial charge in [0.05, 0.1) is 23.5 Å². The Morgan fingerprint density at radius 2 is 2.07 bits per heavy atom. The van der Waals surface area contributed by atoms with Crippen LogP contribution in [-0.4, -0.2) is 53.1 Å². The van der Waals surface area contributed by atoms with Crippen LogP contribution in [0.3, 0.4) is 0 Å². The van der Waals surface area contributed by atoms with E-state index in [-0.39, 0.29) is 29.1 Å². The molecule has 3 heterocycles. The van der Waals surface area contributed by atoms with E-state index in [1.165, 1.54) is 0 Å². The van der Waals surface area contributed by atoms with Gasteiger partial charge in [-0.3, -0.25) is 4.79 Å². The minimum atomic E-state index is -3.10. The van der Waals surface area contributed by atoms with Crippen molar-refractivity contribution in [2.45, 2.75) is 19.4 Å². The molecule has 3 aromatic rings. The van der Waals surface area contributed by atoms with Crippen LogP contribution < -0.4 is 0 Å². The Balaban J connectivity index is 1.73. The summed E-state index contributed by atoms with van der Waals surface area (Å²) in [6.07, 6.45) is 2.00. The molecule has 0 saturated carbocycles. The van der Waals surface area contributed by atoms with Crippen LogP contribution in [0, 0.1) is 0 Å². The zero-order valence-corrected chi connectivity index (χ0v) is 17.4. The zero-order valence-electron chi connectivity index (χ0n) is 15.8. The summed E-state index contributed by atoms with van der Waals surface area (Å²) in [6.45, 7) is 2.25. The van der Waals surface area contributed by atoms with E-state index in [9.17, 15) is 13.2 Å². The number of amides is 1. The molecule has 7 nitrogen and oxygen atoms in total. The molecule has 1 aromatic carbocycles. The Morgan fingerprint density at radius 3 is 2.66 bits per heavy atom. The smallest absolute Gasteiger partial charge is 0.274 e. The van der Waals surface area contributed by atoms with Crippen LogP contribution >= 0.6 is 11.6 Å². The van der Waals surface area contributed by atoms with E-state index in [0.717, 1.165) is 5.69 Å². The van der Waals surface area contributed by atoms with Gasteiger partial charge in [0.2, 0.25) is 0 Å². The first-order valence-electron chi connectivity index (χ1n) is 9.29. The van der Waals surface area contributed by atoms with Crippen molar-refractivity contribution in [2.75, 3.05) is 18.1 Å². The van der Waals surface area contributed by atoms with Crippen LogP contribution in [0.4, 0.5) is 0 Å². The lowest BCUT2D eigenvalue weighted by molar-refractivity contribution is 0.0702. The summed E-state index contributed by atoms with van der Waals surface area (Å²) in [6, 6.07) is 12.0. The second-order valence-corrected chi connectivity index (χ2v) is 9.59. The Bertz CT molecular complexity index is 1120. The highest BCUT2D eigenvalue weighted by atomic mass is 35.5. The lowest BCUT2D eigenvalue weighted by Gasteiger charge is -2.25. The SMILES string of the molecule is CCN(C(=O)c1cc(-c2ccco2)n(-c2ccc(Cl)cc2)n1)[C@@H]1CCS(=O)(=O)C1. The van der Waals surface area contributed by atoms with E-state index < -0.39 is 9.84 Å². The van der Waals surface area contributed by atoms with E-state index in [2.05, 4.69) is 5.10 Å². The quantitative estimate of drug-likeness (QED) is 0.615. The van der Waals surface area contributed by atoms with E-state index in [0.29, 0.717) is 29.4 Å². The van der Waals surface area contributed by atoms with Gasteiger partial charge in [-0.2, -0.15) is 5.10 Å². The number of furan rings is 1. The maximum atomic E-state index is 13.2. The normalized spacial score (nSPS) is 18.1. The fourth-order valence-electron chi connectivity index (χ4n) is 3.60. The molecule has 29 heavy (non-hydrogen) atoms. The van der Waals surface area contributed by atoms with Crippen LogP contribution in [0.25, 0.3) is 17.1 Å². The molecular weight excluding hydrogens is 414 g/mol. The Labute approximate surface area is 173 Å². The number of carbonyl (C=O) groups excluding carboxylic acids is 1. The summed E-state index contributed by atoms with van der Waals surface area (Å²) in [5, 5.41) is 5.11. The van der Waals surface area contributed by atoms with Crippen LogP contribution in [0.1, 0.15) is 23.8 Å². The van der Waals surface area contributed by atoms with E-state index in [4.69, 9.17) is 16.0 Å². The lowest BCUT2D eigenvalue weighted by atomic mass is 10.2. The second-order valence-electron chi connectivity index (χ2n) is 6.93. The number of hydrogen-bond donors (Lipinski definition) is 0. The predicted molar refractivity (Wildman–Crippen MR) is 110 cm³/mol. The summed E-state index contributed by atoms with van der Waals surface area (Å²) in [5.74, 6) is 0.376. The Morgan fingerprint density at radius 1 is 1.31 bits per heavy atom. The van der Waals surface area contributed by atoms with E-state index >= 15 is 0 Å². The molecule has 0 unspecified atom stereocenters. The number of halogens is 1. The number of sulfone groups is 1. The van der Waals surface area contributed by atoms with Gasteiger partial charge in [-0.1, -0.05) is 11.6 Å². The summed E-state index contributed by atoms with van der Waals surface area (Å²) in [5.41, 5.74) is 1.58. The first-order chi connectivity index (χ1) is 13.9. The van der Waals surface area contributed by atoms with E-state index in [1.807, 2.05) is 6.92 Å². The van der Waals surface area contributed by atoms with Gasteiger partial charge < -0.3 is 9.32 Å². The molecule has 1 fully saturated rings. The van der Waals surface area contributed by atoms with Crippen molar-refractivity contribution in [2.24, 2.45) is 0 Å². The van der Waals surface area contributed by atoms with Crippen LogP contribution in [0.2, 0.25) is 5.02 Å². The minimum absolute atomic E-state index is 0.00445. The molecule has 0 N–H and O–H groups in total. The Hall–Kier alpha value is -2.58. The van der Waals surface area contributed by atoms with Crippen molar-refractivity contribution in [1.82, 2.24) is 14.7 Å². The molecule has 0 bridgehead atoms. The van der Waals surface area contributed by atoms with Crippen LogP contribution in [0.5, 0.6) is 0 Å². The maximum absolute atomic E-state index is 13.2. The molecule has 0 spiro atoms. The molecule has 4 rings (SSSR count). The van der Waals surface area contributed by atoms with Gasteiger partial charge in [-0.05, 0) is 49.7 Å². The molecule has 152 valence electrons. The zero-order chi connectivity index (χ0) is 20.6. The molecule has 1 atom stereocenters. The molecular formula is C20H20ClN3O4S. The van der Waals surface area contributed by atoms with Crippen LogP contribution in [0.15, 0.2) is 53.1 Å². The number of aromatic nitrogens is 2. The fourth-order valence-corrected chi connectivity index (χ4v) is 5.46. The molecule has 0 aliphatic carbocycles. The van der Waals surface area contributed by atoms with Crippen molar-refractivity contribution in [1.29, 1.82) is 0 Å². The van der Waals surface area contributed by atoms with Crippen molar-refractivity contribution < 1.29 is 17.6 Å². The fraction of sp³-hybridized carbons (Fsp3) is 0.300. The average Bonchev–Trinajstić information content (AvgIpc) is 3.42. The average molecular weight is 434 g/mol. The molecule has 1 saturated heterocycles. The van der Waals surface area contributed by atoms with E-state index in [1.54, 1.807) is 58.3 Å². The van der Waals surface area contributed by atoms with Gasteiger partial charge in [0.1, 0.15) is 5.69 Å². The third kappa shape index (κ3) is 3.95. The summed E-state index contributed by atoms with van der Waals surface area (Å²) in [7, 11) is -3.10. The number of benzene rings is 1. The van der Waals surface area contributed by atoms with Gasteiger partial charge in [-0.15, -0.1) is 0 Å². The highest BCUT2D eigenvalue weighted by Crippen LogP contribution is 2.27. The van der Waals surface area contributed by atoms with Gasteiger partial charge in [0.15, 0.2) is 21.3 Å². The minimum Gasteiger partial charge on any atom is -0.463 e. The van der Waals surface area contributed by atoms with Crippen molar-refractivity contribution in [3.63, 3.8) is 0 Å². The number of nitrogens with zero attached hydrogens (tertiary/aromatic N) is 3. The number of rotatable bonds is 5. The van der Waals surface area contributed by atoms with Crippen molar-refractivity contribution in [3.05, 3.63) is 59.4 Å². The third-order valence-electron chi connectivity index (χ3n) is 5.02. The number of carbonyl (C=O) groups is 1. The first kappa shape index (κ1) is 19.7.